The minimum absolute atomic E-state index is 0.495. The summed E-state index contributed by atoms with van der Waals surface area (Å²) >= 11 is 0. The molecule has 2 rings (SSSR count). The van der Waals surface area contributed by atoms with E-state index in [1.165, 1.54) is 70.9 Å². The average Bonchev–Trinajstić information content (AvgIpc) is 2.33. The molecule has 0 heterocycles. The van der Waals surface area contributed by atoms with E-state index in [1.807, 2.05) is 0 Å². The number of rotatable bonds is 4. The molecule has 2 saturated carbocycles. The predicted molar refractivity (Wildman–Crippen MR) is 69.4 cm³/mol. The van der Waals surface area contributed by atoms with Crippen LogP contribution in [0.2, 0.25) is 0 Å². The maximum atomic E-state index is 5.92. The van der Waals surface area contributed by atoms with Crippen molar-refractivity contribution in [3.63, 3.8) is 0 Å². The molecule has 0 bridgehead atoms. The molecule has 0 aromatic carbocycles. The highest BCUT2D eigenvalue weighted by atomic mass is 14.9. The Morgan fingerprint density at radius 1 is 0.750 bits per heavy atom. The first-order valence-electron chi connectivity index (χ1n) is 7.31. The van der Waals surface area contributed by atoms with E-state index in [2.05, 4.69) is 5.32 Å². The smallest absolute Gasteiger partial charge is 0.00390 e. The molecule has 3 N–H and O–H groups in total. The van der Waals surface area contributed by atoms with E-state index in [4.69, 9.17) is 5.73 Å². The largest absolute Gasteiger partial charge is 0.328 e. The quantitative estimate of drug-likeness (QED) is 0.770. The van der Waals surface area contributed by atoms with Crippen molar-refractivity contribution >= 4 is 0 Å². The Morgan fingerprint density at radius 2 is 1.31 bits per heavy atom. The maximum Gasteiger partial charge on any atom is 0.00390 e. The van der Waals surface area contributed by atoms with Crippen molar-refractivity contribution in [2.24, 2.45) is 17.6 Å². The molecule has 2 aliphatic rings. The molecule has 0 aliphatic heterocycles. The molecular formula is C14H28N2. The van der Waals surface area contributed by atoms with E-state index in [-0.39, 0.29) is 0 Å². The van der Waals surface area contributed by atoms with E-state index in [1.54, 1.807) is 0 Å². The summed E-state index contributed by atoms with van der Waals surface area (Å²) in [6, 6.07) is 0.495. The summed E-state index contributed by atoms with van der Waals surface area (Å²) in [5.41, 5.74) is 5.92. The highest BCUT2D eigenvalue weighted by molar-refractivity contribution is 4.76. The van der Waals surface area contributed by atoms with E-state index >= 15 is 0 Å². The van der Waals surface area contributed by atoms with Crippen molar-refractivity contribution in [2.45, 2.75) is 63.8 Å². The van der Waals surface area contributed by atoms with Crippen molar-refractivity contribution in [1.82, 2.24) is 5.32 Å². The summed E-state index contributed by atoms with van der Waals surface area (Å²) in [7, 11) is 0. The van der Waals surface area contributed by atoms with Crippen LogP contribution in [0.3, 0.4) is 0 Å². The van der Waals surface area contributed by atoms with E-state index in [9.17, 15) is 0 Å². The molecule has 16 heavy (non-hydrogen) atoms. The normalized spacial score (nSPS) is 32.8. The van der Waals surface area contributed by atoms with Crippen molar-refractivity contribution in [2.75, 3.05) is 13.1 Å². The first-order chi connectivity index (χ1) is 7.84. The third-order valence-electron chi connectivity index (χ3n) is 4.48. The lowest BCUT2D eigenvalue weighted by Crippen LogP contribution is -2.33. The number of nitrogens with two attached hydrogens (primary N) is 1. The van der Waals surface area contributed by atoms with Crippen LogP contribution in [-0.2, 0) is 0 Å². The molecule has 2 nitrogen and oxygen atoms in total. The van der Waals surface area contributed by atoms with Crippen LogP contribution in [0, 0.1) is 11.8 Å². The Kier molecular flexibility index (Phi) is 5.11. The number of hydrogen-bond donors (Lipinski definition) is 2. The second-order valence-corrected chi connectivity index (χ2v) is 5.94. The van der Waals surface area contributed by atoms with Crippen LogP contribution in [0.15, 0.2) is 0 Å². The summed E-state index contributed by atoms with van der Waals surface area (Å²) < 4.78 is 0. The topological polar surface area (TPSA) is 38.0 Å². The SMILES string of the molecule is NC1CCC(CNCC2CCCCC2)CC1. The van der Waals surface area contributed by atoms with E-state index in [0.717, 1.165) is 11.8 Å². The maximum absolute atomic E-state index is 5.92. The summed E-state index contributed by atoms with van der Waals surface area (Å²) in [6.07, 6.45) is 12.5. The monoisotopic (exact) mass is 224 g/mol. The molecule has 0 radical (unpaired) electrons. The fourth-order valence-electron chi connectivity index (χ4n) is 3.28. The molecule has 2 aliphatic carbocycles. The first kappa shape index (κ1) is 12.4. The van der Waals surface area contributed by atoms with Gasteiger partial charge in [0.2, 0.25) is 0 Å². The second-order valence-electron chi connectivity index (χ2n) is 5.94. The molecule has 0 amide bonds. The van der Waals surface area contributed by atoms with Crippen LogP contribution in [0.1, 0.15) is 57.8 Å². The molecule has 0 atom stereocenters. The van der Waals surface area contributed by atoms with Crippen LogP contribution in [0.5, 0.6) is 0 Å². The van der Waals surface area contributed by atoms with Gasteiger partial charge < -0.3 is 11.1 Å². The van der Waals surface area contributed by atoms with Gasteiger partial charge in [0, 0.05) is 6.04 Å². The molecular weight excluding hydrogens is 196 g/mol. The van der Waals surface area contributed by atoms with Crippen LogP contribution in [0.4, 0.5) is 0 Å². The lowest BCUT2D eigenvalue weighted by molar-refractivity contribution is 0.291. The van der Waals surface area contributed by atoms with Crippen LogP contribution >= 0.6 is 0 Å². The van der Waals surface area contributed by atoms with Gasteiger partial charge in [-0.15, -0.1) is 0 Å². The van der Waals surface area contributed by atoms with E-state index < -0.39 is 0 Å². The van der Waals surface area contributed by atoms with Crippen LogP contribution in [-0.4, -0.2) is 19.1 Å². The van der Waals surface area contributed by atoms with E-state index in [0.29, 0.717) is 6.04 Å². The third-order valence-corrected chi connectivity index (χ3v) is 4.48. The van der Waals surface area contributed by atoms with Crippen molar-refractivity contribution in [3.8, 4) is 0 Å². The molecule has 0 aromatic rings. The van der Waals surface area contributed by atoms with Gasteiger partial charge >= 0.3 is 0 Å². The second kappa shape index (κ2) is 6.61. The van der Waals surface area contributed by atoms with Gasteiger partial charge in [-0.05, 0) is 63.5 Å². The molecule has 0 aromatic heterocycles. The highest BCUT2D eigenvalue weighted by Gasteiger charge is 2.19. The van der Waals surface area contributed by atoms with Gasteiger partial charge in [-0.25, -0.2) is 0 Å². The fraction of sp³-hybridized carbons (Fsp3) is 1.00. The Hall–Kier alpha value is -0.0800. The number of hydrogen-bond acceptors (Lipinski definition) is 2. The Labute approximate surface area is 100 Å². The lowest BCUT2D eigenvalue weighted by atomic mass is 9.86. The Morgan fingerprint density at radius 3 is 1.94 bits per heavy atom. The molecule has 94 valence electrons. The minimum atomic E-state index is 0.495. The zero-order chi connectivity index (χ0) is 11.2. The highest BCUT2D eigenvalue weighted by Crippen LogP contribution is 2.24. The van der Waals surface area contributed by atoms with Crippen LogP contribution < -0.4 is 11.1 Å². The summed E-state index contributed by atoms with van der Waals surface area (Å²) in [5.74, 6) is 1.88. The van der Waals surface area contributed by atoms with Gasteiger partial charge in [0.15, 0.2) is 0 Å². The molecule has 0 spiro atoms. The molecule has 0 saturated heterocycles. The fourth-order valence-corrected chi connectivity index (χ4v) is 3.28. The molecule has 0 unspecified atom stereocenters. The van der Waals surface area contributed by atoms with Gasteiger partial charge in [0.05, 0.1) is 0 Å². The zero-order valence-corrected chi connectivity index (χ0v) is 10.6. The Bertz CT molecular complexity index is 179. The lowest BCUT2D eigenvalue weighted by Gasteiger charge is -2.27. The Balaban J connectivity index is 1.53. The van der Waals surface area contributed by atoms with Crippen molar-refractivity contribution in [3.05, 3.63) is 0 Å². The van der Waals surface area contributed by atoms with Gasteiger partial charge in [0.25, 0.3) is 0 Å². The van der Waals surface area contributed by atoms with Gasteiger partial charge in [-0.1, -0.05) is 19.3 Å². The summed E-state index contributed by atoms with van der Waals surface area (Å²) in [5, 5.41) is 3.70. The van der Waals surface area contributed by atoms with Crippen molar-refractivity contribution in [1.29, 1.82) is 0 Å². The van der Waals surface area contributed by atoms with Gasteiger partial charge in [0.1, 0.15) is 0 Å². The zero-order valence-electron chi connectivity index (χ0n) is 10.6. The van der Waals surface area contributed by atoms with Gasteiger partial charge in [-0.2, -0.15) is 0 Å². The van der Waals surface area contributed by atoms with Gasteiger partial charge in [-0.3, -0.25) is 0 Å². The van der Waals surface area contributed by atoms with Crippen LogP contribution in [0.25, 0.3) is 0 Å². The first-order valence-corrected chi connectivity index (χ1v) is 7.31. The average molecular weight is 224 g/mol. The third kappa shape index (κ3) is 4.06. The predicted octanol–water partition coefficient (Wildman–Crippen LogP) is 2.67. The molecule has 2 fully saturated rings. The minimum Gasteiger partial charge on any atom is -0.328 e. The standard InChI is InChI=1S/C14H28N2/c15-14-8-6-13(7-9-14)11-16-10-12-4-2-1-3-5-12/h12-14,16H,1-11,15H2. The molecule has 2 heteroatoms. The summed E-state index contributed by atoms with van der Waals surface area (Å²) in [6.45, 7) is 2.51. The summed E-state index contributed by atoms with van der Waals surface area (Å²) in [4.78, 5) is 0. The number of nitrogens with one attached hydrogen (secondary N) is 1. The van der Waals surface area contributed by atoms with Crippen molar-refractivity contribution < 1.29 is 0 Å².